The third-order valence-electron chi connectivity index (χ3n) is 0.688. The van der Waals surface area contributed by atoms with Crippen molar-refractivity contribution in [1.29, 1.82) is 0 Å². The lowest BCUT2D eigenvalue weighted by atomic mass is 10.3. The van der Waals surface area contributed by atoms with Crippen molar-refractivity contribution >= 4 is 11.7 Å². The second-order valence-electron chi connectivity index (χ2n) is 1.54. The van der Waals surface area contributed by atoms with Gasteiger partial charge in [-0.2, -0.15) is 13.2 Å². The second kappa shape index (κ2) is 3.76. The number of rotatable bonds is 3. The van der Waals surface area contributed by atoms with E-state index >= 15 is 0 Å². The topological polar surface area (TPSA) is 17.1 Å². The third-order valence-corrected chi connectivity index (χ3v) is 1.14. The van der Waals surface area contributed by atoms with E-state index in [1.54, 1.807) is 0 Å². The van der Waals surface area contributed by atoms with Gasteiger partial charge in [-0.1, -0.05) is 0 Å². The van der Waals surface area contributed by atoms with Gasteiger partial charge >= 0.3 is 17.8 Å². The summed E-state index contributed by atoms with van der Waals surface area (Å²) in [7, 11) is 0. The normalized spacial score (nSPS) is 11.4. The van der Waals surface area contributed by atoms with Crippen LogP contribution in [0.2, 0.25) is 0 Å². The molecule has 0 unspecified atom stereocenters. The molecule has 0 spiro atoms. The average Bonchev–Trinajstić information content (AvgIpc) is 1.63. The van der Waals surface area contributed by atoms with Crippen LogP contribution < -0.4 is 0 Å². The van der Waals surface area contributed by atoms with E-state index in [0.717, 1.165) is 0 Å². The van der Waals surface area contributed by atoms with Gasteiger partial charge in [0, 0.05) is 17.1 Å². The number of halogens is 3. The first kappa shape index (κ1) is 8.81. The van der Waals surface area contributed by atoms with Crippen LogP contribution in [0.5, 0.6) is 0 Å². The molecule has 54 valence electrons. The number of hydrogen-bond donors (Lipinski definition) is 0. The smallest absolute Gasteiger partial charge is 0.171 e. The van der Waals surface area contributed by atoms with Gasteiger partial charge in [0.25, 0.3) is 0 Å². The molecule has 0 fully saturated rings. The highest BCUT2D eigenvalue weighted by Gasteiger charge is 2.27. The first-order valence-electron chi connectivity index (χ1n) is 2.38. The molecule has 9 heavy (non-hydrogen) atoms. The minimum atomic E-state index is -4.10. The highest BCUT2D eigenvalue weighted by Crippen LogP contribution is 2.20. The zero-order valence-corrected chi connectivity index (χ0v) is 5.39. The van der Waals surface area contributed by atoms with Crippen molar-refractivity contribution in [2.75, 3.05) is 5.75 Å². The van der Waals surface area contributed by atoms with Crippen LogP contribution in [0.3, 0.4) is 0 Å². The fourth-order valence-corrected chi connectivity index (χ4v) is 0.594. The Morgan fingerprint density at radius 3 is 2.22 bits per heavy atom. The zero-order valence-electron chi connectivity index (χ0n) is 4.57. The molecule has 0 heterocycles. The molecule has 1 nitrogen and oxygen atoms in total. The third kappa shape index (κ3) is 7.81. The maximum absolute atomic E-state index is 11.3. The van der Waals surface area contributed by atoms with E-state index in [1.807, 2.05) is 0 Å². The molecule has 0 rings (SSSR count). The maximum atomic E-state index is 11.3. The molecule has 0 bridgehead atoms. The van der Waals surface area contributed by atoms with Gasteiger partial charge in [0.2, 0.25) is 5.75 Å². The largest absolute Gasteiger partial charge is 0.458 e. The molecule has 0 saturated heterocycles. The van der Waals surface area contributed by atoms with Crippen LogP contribution in [0.1, 0.15) is 12.8 Å². The Bertz CT molecular complexity index is 90.3. The van der Waals surface area contributed by atoms with Gasteiger partial charge in [-0.25, -0.2) is 0 Å². The molecule has 0 aliphatic rings. The predicted molar refractivity (Wildman–Crippen MR) is 28.2 cm³/mol. The molecule has 0 amide bonds. The van der Waals surface area contributed by atoms with E-state index in [-0.39, 0.29) is 23.8 Å². The van der Waals surface area contributed by atoms with Gasteiger partial charge in [0.1, 0.15) is 0 Å². The first-order chi connectivity index (χ1) is 4.06. The SMILES string of the molecule is O=[S+]CCCC(F)(F)F. The molecule has 0 atom stereocenters. The Morgan fingerprint density at radius 1 is 1.33 bits per heavy atom. The Kier molecular flexibility index (Phi) is 3.68. The second-order valence-corrected chi connectivity index (χ2v) is 2.18. The summed E-state index contributed by atoms with van der Waals surface area (Å²) in [6.45, 7) is 0. The van der Waals surface area contributed by atoms with Crippen molar-refractivity contribution in [3.8, 4) is 0 Å². The summed E-state index contributed by atoms with van der Waals surface area (Å²) < 4.78 is 43.4. The van der Waals surface area contributed by atoms with Crippen LogP contribution in [0.25, 0.3) is 0 Å². The molecule has 0 aliphatic heterocycles. The van der Waals surface area contributed by atoms with Crippen molar-refractivity contribution in [1.82, 2.24) is 0 Å². The molecule has 0 saturated carbocycles. The molecule has 0 aromatic heterocycles. The summed E-state index contributed by atoms with van der Waals surface area (Å²) in [6, 6.07) is 0. The summed E-state index contributed by atoms with van der Waals surface area (Å²) in [5.74, 6) is 0.0412. The van der Waals surface area contributed by atoms with Gasteiger partial charge in [0.05, 0.1) is 0 Å². The van der Waals surface area contributed by atoms with Crippen molar-refractivity contribution in [2.45, 2.75) is 19.0 Å². The van der Waals surface area contributed by atoms with E-state index < -0.39 is 12.6 Å². The maximum Gasteiger partial charge on any atom is 0.458 e. The van der Waals surface area contributed by atoms with Gasteiger partial charge in [-0.05, 0) is 0 Å². The van der Waals surface area contributed by atoms with Gasteiger partial charge in [0.15, 0.2) is 0 Å². The van der Waals surface area contributed by atoms with Crippen LogP contribution in [0, 0.1) is 0 Å². The summed E-state index contributed by atoms with van der Waals surface area (Å²) in [5, 5.41) is 0. The number of hydrogen-bond acceptors (Lipinski definition) is 1. The van der Waals surface area contributed by atoms with E-state index in [9.17, 15) is 17.4 Å². The average molecular weight is 159 g/mol. The van der Waals surface area contributed by atoms with Crippen molar-refractivity contribution in [2.24, 2.45) is 0 Å². The van der Waals surface area contributed by atoms with Crippen molar-refractivity contribution < 1.29 is 17.4 Å². The molecule has 0 N–H and O–H groups in total. The minimum Gasteiger partial charge on any atom is -0.171 e. The molecular weight excluding hydrogens is 153 g/mol. The molecule has 0 radical (unpaired) electrons. The number of alkyl halides is 3. The quantitative estimate of drug-likeness (QED) is 0.453. The molecule has 0 aromatic rings. The standard InChI is InChI=1S/C4H6F3OS/c5-4(6,7)2-1-3-9-8/h1-3H2/q+1. The Labute approximate surface area is 54.7 Å². The predicted octanol–water partition coefficient (Wildman–Crippen LogP) is 1.76. The fourth-order valence-electron chi connectivity index (χ4n) is 0.332. The minimum absolute atomic E-state index is 0.0412. The van der Waals surface area contributed by atoms with E-state index in [4.69, 9.17) is 0 Å². The highest BCUT2D eigenvalue weighted by atomic mass is 32.1. The first-order valence-corrected chi connectivity index (χ1v) is 3.29. The Hall–Kier alpha value is -0.190. The van der Waals surface area contributed by atoms with Crippen LogP contribution in [0.4, 0.5) is 13.2 Å². The van der Waals surface area contributed by atoms with Gasteiger partial charge in [-0.3, -0.25) is 0 Å². The monoisotopic (exact) mass is 159 g/mol. The zero-order chi connectivity index (χ0) is 7.33. The highest BCUT2D eigenvalue weighted by molar-refractivity contribution is 7.65. The summed E-state index contributed by atoms with van der Waals surface area (Å²) >= 11 is 0.192. The van der Waals surface area contributed by atoms with Gasteiger partial charge < -0.3 is 0 Å². The molecule has 5 heteroatoms. The van der Waals surface area contributed by atoms with Crippen LogP contribution in [-0.2, 0) is 15.9 Å². The molecule has 0 aliphatic carbocycles. The Morgan fingerprint density at radius 2 is 1.89 bits per heavy atom. The summed E-state index contributed by atoms with van der Waals surface area (Å²) in [6.07, 6.45) is -5.02. The van der Waals surface area contributed by atoms with Gasteiger partial charge in [-0.15, -0.1) is 0 Å². The fraction of sp³-hybridized carbons (Fsp3) is 1.00. The van der Waals surface area contributed by atoms with Crippen LogP contribution in [0.15, 0.2) is 0 Å². The lowest BCUT2D eigenvalue weighted by molar-refractivity contribution is -0.134. The van der Waals surface area contributed by atoms with E-state index in [2.05, 4.69) is 0 Å². The summed E-state index contributed by atoms with van der Waals surface area (Å²) in [5.41, 5.74) is 0. The van der Waals surface area contributed by atoms with Crippen molar-refractivity contribution in [3.63, 3.8) is 0 Å². The van der Waals surface area contributed by atoms with Crippen LogP contribution >= 0.6 is 0 Å². The van der Waals surface area contributed by atoms with E-state index in [0.29, 0.717) is 0 Å². The lowest BCUT2D eigenvalue weighted by Gasteiger charge is -1.99. The molecular formula is C4H6F3OS+. The van der Waals surface area contributed by atoms with E-state index in [1.165, 1.54) is 0 Å². The lowest BCUT2D eigenvalue weighted by Crippen LogP contribution is -2.07. The van der Waals surface area contributed by atoms with Crippen LogP contribution in [-0.4, -0.2) is 11.9 Å². The molecule has 0 aromatic carbocycles. The summed E-state index contributed by atoms with van der Waals surface area (Å²) in [4.78, 5) is 0. The van der Waals surface area contributed by atoms with Crippen molar-refractivity contribution in [3.05, 3.63) is 0 Å². The Balaban J connectivity index is 3.17.